The molecule has 0 spiro atoms. The Morgan fingerprint density at radius 1 is 0.929 bits per heavy atom. The summed E-state index contributed by atoms with van der Waals surface area (Å²) in [6, 6.07) is 17.9. The highest BCUT2D eigenvalue weighted by Gasteiger charge is 2.28. The van der Waals surface area contributed by atoms with E-state index in [1.54, 1.807) is 30.5 Å². The van der Waals surface area contributed by atoms with Crippen molar-refractivity contribution in [1.82, 2.24) is 4.98 Å². The van der Waals surface area contributed by atoms with Crippen molar-refractivity contribution < 1.29 is 22.6 Å². The first-order chi connectivity index (χ1) is 13.4. The van der Waals surface area contributed by atoms with Gasteiger partial charge in [-0.1, -0.05) is 42.3 Å². The largest absolute Gasteiger partial charge is 0.483 e. The van der Waals surface area contributed by atoms with Crippen LogP contribution in [0.2, 0.25) is 0 Å². The lowest BCUT2D eigenvalue weighted by Crippen LogP contribution is -2.19. The number of rotatable bonds is 6. The molecule has 0 radical (unpaired) electrons. The zero-order valence-corrected chi connectivity index (χ0v) is 14.7. The van der Waals surface area contributed by atoms with Gasteiger partial charge in [-0.25, -0.2) is 4.98 Å². The van der Waals surface area contributed by atoms with Crippen molar-refractivity contribution >= 4 is 0 Å². The Balaban J connectivity index is 1.70. The number of nitrogens with zero attached hydrogens (tertiary/aromatic N) is 1. The SMILES string of the molecule is C#Cc1cc(-c2ccc(OCc3ccccc3)nc2)ccc1OCC(F)(F)F. The Kier molecular flexibility index (Phi) is 5.85. The van der Waals surface area contributed by atoms with Crippen LogP contribution in [0.4, 0.5) is 13.2 Å². The fraction of sp³-hybridized carbons (Fsp3) is 0.136. The number of hydrogen-bond donors (Lipinski definition) is 0. The summed E-state index contributed by atoms with van der Waals surface area (Å²) in [5.74, 6) is 2.84. The molecule has 3 rings (SSSR count). The average Bonchev–Trinajstić information content (AvgIpc) is 2.71. The summed E-state index contributed by atoms with van der Waals surface area (Å²) in [6.07, 6.45) is 2.60. The molecule has 142 valence electrons. The number of benzene rings is 2. The highest BCUT2D eigenvalue weighted by molar-refractivity contribution is 5.67. The fourth-order valence-electron chi connectivity index (χ4n) is 2.48. The Bertz CT molecular complexity index is 962. The average molecular weight is 383 g/mol. The quantitative estimate of drug-likeness (QED) is 0.545. The van der Waals surface area contributed by atoms with E-state index in [-0.39, 0.29) is 11.3 Å². The van der Waals surface area contributed by atoms with Crippen LogP contribution >= 0.6 is 0 Å². The normalized spacial score (nSPS) is 10.9. The van der Waals surface area contributed by atoms with Gasteiger partial charge in [-0.05, 0) is 29.3 Å². The Morgan fingerprint density at radius 2 is 1.68 bits per heavy atom. The predicted molar refractivity (Wildman–Crippen MR) is 99.9 cm³/mol. The third kappa shape index (κ3) is 5.27. The minimum atomic E-state index is -4.43. The van der Waals surface area contributed by atoms with E-state index in [1.165, 1.54) is 6.07 Å². The molecule has 0 aliphatic rings. The van der Waals surface area contributed by atoms with Gasteiger partial charge in [0.25, 0.3) is 0 Å². The highest BCUT2D eigenvalue weighted by atomic mass is 19.4. The second kappa shape index (κ2) is 8.49. The number of alkyl halides is 3. The van der Waals surface area contributed by atoms with Gasteiger partial charge in [-0.15, -0.1) is 6.42 Å². The smallest absolute Gasteiger partial charge is 0.422 e. The number of halogens is 3. The molecule has 1 heterocycles. The summed E-state index contributed by atoms with van der Waals surface area (Å²) >= 11 is 0. The first kappa shape index (κ1) is 19.3. The minimum absolute atomic E-state index is 0.0133. The van der Waals surface area contributed by atoms with E-state index < -0.39 is 12.8 Å². The maximum Gasteiger partial charge on any atom is 0.422 e. The molecule has 1 aromatic heterocycles. The Labute approximate surface area is 160 Å². The highest BCUT2D eigenvalue weighted by Crippen LogP contribution is 2.28. The van der Waals surface area contributed by atoms with Gasteiger partial charge in [0.1, 0.15) is 12.4 Å². The van der Waals surface area contributed by atoms with Gasteiger partial charge in [-0.3, -0.25) is 0 Å². The van der Waals surface area contributed by atoms with E-state index in [0.29, 0.717) is 12.5 Å². The fourth-order valence-corrected chi connectivity index (χ4v) is 2.48. The van der Waals surface area contributed by atoms with Crippen LogP contribution in [0.3, 0.4) is 0 Å². The number of aromatic nitrogens is 1. The summed E-state index contributed by atoms with van der Waals surface area (Å²) in [4.78, 5) is 4.26. The number of hydrogen-bond acceptors (Lipinski definition) is 3. The molecule has 0 atom stereocenters. The molecule has 0 unspecified atom stereocenters. The van der Waals surface area contributed by atoms with Gasteiger partial charge < -0.3 is 9.47 Å². The molecular formula is C22H16F3NO2. The maximum atomic E-state index is 12.3. The minimum Gasteiger partial charge on any atom is -0.483 e. The summed E-state index contributed by atoms with van der Waals surface area (Å²) in [5.41, 5.74) is 2.74. The second-order valence-corrected chi connectivity index (χ2v) is 5.92. The lowest BCUT2D eigenvalue weighted by molar-refractivity contribution is -0.153. The molecule has 3 nitrogen and oxygen atoms in total. The molecule has 0 bridgehead atoms. The van der Waals surface area contributed by atoms with Crippen molar-refractivity contribution in [2.75, 3.05) is 6.61 Å². The second-order valence-electron chi connectivity index (χ2n) is 5.92. The molecular weight excluding hydrogens is 367 g/mol. The molecule has 0 aliphatic heterocycles. The zero-order valence-electron chi connectivity index (χ0n) is 14.7. The van der Waals surface area contributed by atoms with Crippen molar-refractivity contribution in [3.63, 3.8) is 0 Å². The van der Waals surface area contributed by atoms with Crippen molar-refractivity contribution in [2.24, 2.45) is 0 Å². The van der Waals surface area contributed by atoms with E-state index in [0.717, 1.165) is 16.7 Å². The molecule has 0 saturated heterocycles. The lowest BCUT2D eigenvalue weighted by Gasteiger charge is -2.12. The van der Waals surface area contributed by atoms with Crippen LogP contribution in [-0.2, 0) is 6.61 Å². The van der Waals surface area contributed by atoms with Crippen molar-refractivity contribution in [3.05, 3.63) is 78.0 Å². The van der Waals surface area contributed by atoms with E-state index in [1.807, 2.05) is 30.3 Å². The van der Waals surface area contributed by atoms with E-state index >= 15 is 0 Å². The summed E-state index contributed by atoms with van der Waals surface area (Å²) in [5, 5.41) is 0. The molecule has 3 aromatic rings. The summed E-state index contributed by atoms with van der Waals surface area (Å²) in [6.45, 7) is -0.990. The van der Waals surface area contributed by atoms with Crippen LogP contribution in [0, 0.1) is 12.3 Å². The lowest BCUT2D eigenvalue weighted by atomic mass is 10.0. The maximum absolute atomic E-state index is 12.3. The summed E-state index contributed by atoms with van der Waals surface area (Å²) in [7, 11) is 0. The Hall–Kier alpha value is -3.46. The standard InChI is InChI=1S/C22H16F3NO2/c1-2-17-12-18(8-10-20(17)28-15-22(23,24)25)19-9-11-21(26-13-19)27-14-16-6-4-3-5-7-16/h1,3-13H,14-15H2. The topological polar surface area (TPSA) is 31.4 Å². The van der Waals surface area contributed by atoms with Crippen LogP contribution in [0.25, 0.3) is 11.1 Å². The molecule has 28 heavy (non-hydrogen) atoms. The van der Waals surface area contributed by atoms with Crippen molar-refractivity contribution in [1.29, 1.82) is 0 Å². The number of ether oxygens (including phenoxy) is 2. The number of pyridine rings is 1. The van der Waals surface area contributed by atoms with Crippen LogP contribution < -0.4 is 9.47 Å². The van der Waals surface area contributed by atoms with Gasteiger partial charge in [0.15, 0.2) is 6.61 Å². The summed E-state index contributed by atoms with van der Waals surface area (Å²) < 4.78 is 47.4. The van der Waals surface area contributed by atoms with E-state index in [9.17, 15) is 13.2 Å². The van der Waals surface area contributed by atoms with Crippen molar-refractivity contribution in [2.45, 2.75) is 12.8 Å². The molecule has 0 N–H and O–H groups in total. The first-order valence-corrected chi connectivity index (χ1v) is 8.38. The molecule has 0 amide bonds. The predicted octanol–water partition coefficient (Wildman–Crippen LogP) is 5.25. The third-order valence-electron chi connectivity index (χ3n) is 3.83. The van der Waals surface area contributed by atoms with Gasteiger partial charge in [0, 0.05) is 17.8 Å². The van der Waals surface area contributed by atoms with E-state index in [2.05, 4.69) is 10.9 Å². The van der Waals surface area contributed by atoms with Gasteiger partial charge in [-0.2, -0.15) is 13.2 Å². The molecule has 0 fully saturated rings. The van der Waals surface area contributed by atoms with Crippen LogP contribution in [-0.4, -0.2) is 17.8 Å². The third-order valence-corrected chi connectivity index (χ3v) is 3.83. The van der Waals surface area contributed by atoms with Gasteiger partial charge in [0.2, 0.25) is 5.88 Å². The first-order valence-electron chi connectivity index (χ1n) is 8.38. The molecule has 0 aliphatic carbocycles. The van der Waals surface area contributed by atoms with E-state index in [4.69, 9.17) is 15.9 Å². The zero-order chi connectivity index (χ0) is 20.0. The molecule has 0 saturated carbocycles. The number of terminal acetylenes is 1. The van der Waals surface area contributed by atoms with Crippen LogP contribution in [0.15, 0.2) is 66.9 Å². The van der Waals surface area contributed by atoms with Crippen LogP contribution in [0.5, 0.6) is 11.6 Å². The molecule has 6 heteroatoms. The Morgan fingerprint density at radius 3 is 2.32 bits per heavy atom. The van der Waals surface area contributed by atoms with Crippen LogP contribution in [0.1, 0.15) is 11.1 Å². The van der Waals surface area contributed by atoms with Gasteiger partial charge >= 0.3 is 6.18 Å². The van der Waals surface area contributed by atoms with Gasteiger partial charge in [0.05, 0.1) is 5.56 Å². The van der Waals surface area contributed by atoms with Crippen molar-refractivity contribution in [3.8, 4) is 35.1 Å². The monoisotopic (exact) mass is 383 g/mol. The molecule has 2 aromatic carbocycles.